The summed E-state index contributed by atoms with van der Waals surface area (Å²) in [5.74, 6) is 1.74. The quantitative estimate of drug-likeness (QED) is 0.787. The molecule has 0 bridgehead atoms. The molecule has 0 unspecified atom stereocenters. The molecule has 0 aliphatic heterocycles. The van der Waals surface area contributed by atoms with Crippen LogP contribution in [-0.2, 0) is 6.42 Å². The van der Waals surface area contributed by atoms with Crippen LogP contribution in [0.5, 0.6) is 11.5 Å². The minimum absolute atomic E-state index is 0.738. The van der Waals surface area contributed by atoms with Gasteiger partial charge in [0, 0.05) is 5.69 Å². The second kappa shape index (κ2) is 6.98. The highest BCUT2D eigenvalue weighted by molar-refractivity contribution is 5.31. The Balaban J connectivity index is 1.69. The van der Waals surface area contributed by atoms with Crippen LogP contribution in [0.4, 0.5) is 0 Å². The maximum Gasteiger partial charge on any atom is 0.119 e. The first-order valence-corrected chi connectivity index (χ1v) is 6.98. The average Bonchev–Trinajstić information content (AvgIpc) is 2.79. The highest BCUT2D eigenvalue weighted by Crippen LogP contribution is 2.17. The number of aromatic amines is 1. The summed E-state index contributed by atoms with van der Waals surface area (Å²) in [5, 5.41) is 7.23. The summed E-state index contributed by atoms with van der Waals surface area (Å²) in [7, 11) is 1.66. The third kappa shape index (κ3) is 3.76. The Hall–Kier alpha value is -1.97. The van der Waals surface area contributed by atoms with E-state index in [1.165, 1.54) is 11.3 Å². The first-order chi connectivity index (χ1) is 9.70. The van der Waals surface area contributed by atoms with Crippen molar-refractivity contribution in [2.24, 2.45) is 0 Å². The van der Waals surface area contributed by atoms with E-state index in [0.29, 0.717) is 0 Å². The van der Waals surface area contributed by atoms with E-state index in [1.54, 1.807) is 7.11 Å². The third-order valence-electron chi connectivity index (χ3n) is 3.43. The van der Waals surface area contributed by atoms with E-state index in [4.69, 9.17) is 9.47 Å². The molecule has 0 aliphatic carbocycles. The molecule has 2 rings (SSSR count). The first kappa shape index (κ1) is 14.4. The molecule has 0 saturated carbocycles. The molecule has 0 spiro atoms. The SMILES string of the molecule is COc1ccc(OCCCCc2c(C)n[nH]c2C)cc1. The molecule has 108 valence electrons. The van der Waals surface area contributed by atoms with Crippen molar-refractivity contribution < 1.29 is 9.47 Å². The molecule has 2 aromatic rings. The predicted molar refractivity (Wildman–Crippen MR) is 79.5 cm³/mol. The van der Waals surface area contributed by atoms with Crippen LogP contribution in [-0.4, -0.2) is 23.9 Å². The van der Waals surface area contributed by atoms with Crippen LogP contribution in [0, 0.1) is 13.8 Å². The molecular formula is C16H22N2O2. The Morgan fingerprint density at radius 1 is 1.05 bits per heavy atom. The van der Waals surface area contributed by atoms with Crippen LogP contribution >= 0.6 is 0 Å². The van der Waals surface area contributed by atoms with E-state index < -0.39 is 0 Å². The van der Waals surface area contributed by atoms with Gasteiger partial charge in [-0.1, -0.05) is 0 Å². The van der Waals surface area contributed by atoms with Crippen LogP contribution in [0.2, 0.25) is 0 Å². The number of nitrogens with zero attached hydrogens (tertiary/aromatic N) is 1. The van der Waals surface area contributed by atoms with Crippen molar-refractivity contribution in [1.82, 2.24) is 10.2 Å². The molecule has 0 saturated heterocycles. The van der Waals surface area contributed by atoms with Gasteiger partial charge < -0.3 is 9.47 Å². The van der Waals surface area contributed by atoms with Crippen LogP contribution in [0.3, 0.4) is 0 Å². The minimum Gasteiger partial charge on any atom is -0.497 e. The van der Waals surface area contributed by atoms with Crippen LogP contribution in [0.25, 0.3) is 0 Å². The molecule has 0 radical (unpaired) electrons. The number of rotatable bonds is 7. The van der Waals surface area contributed by atoms with E-state index in [1.807, 2.05) is 31.2 Å². The lowest BCUT2D eigenvalue weighted by atomic mass is 10.1. The summed E-state index contributed by atoms with van der Waals surface area (Å²) in [5.41, 5.74) is 3.63. The number of benzene rings is 1. The van der Waals surface area contributed by atoms with Crippen molar-refractivity contribution in [2.75, 3.05) is 13.7 Å². The molecule has 4 nitrogen and oxygen atoms in total. The molecule has 0 aliphatic rings. The maximum absolute atomic E-state index is 5.71. The fourth-order valence-corrected chi connectivity index (χ4v) is 2.21. The van der Waals surface area contributed by atoms with Gasteiger partial charge in [-0.05, 0) is 62.9 Å². The second-order valence-corrected chi connectivity index (χ2v) is 4.89. The predicted octanol–water partition coefficient (Wildman–Crippen LogP) is 3.44. The van der Waals surface area contributed by atoms with Crippen molar-refractivity contribution in [3.05, 3.63) is 41.2 Å². The largest absolute Gasteiger partial charge is 0.497 e. The monoisotopic (exact) mass is 274 g/mol. The number of unbranched alkanes of at least 4 members (excludes halogenated alkanes) is 1. The number of methoxy groups -OCH3 is 1. The molecule has 20 heavy (non-hydrogen) atoms. The zero-order valence-corrected chi connectivity index (χ0v) is 12.4. The summed E-state index contributed by atoms with van der Waals surface area (Å²) < 4.78 is 10.8. The Labute approximate surface area is 120 Å². The van der Waals surface area contributed by atoms with Gasteiger partial charge in [0.15, 0.2) is 0 Å². The number of ether oxygens (including phenoxy) is 2. The van der Waals surface area contributed by atoms with Gasteiger partial charge in [0.05, 0.1) is 19.4 Å². The Morgan fingerprint density at radius 2 is 1.75 bits per heavy atom. The molecule has 4 heteroatoms. The second-order valence-electron chi connectivity index (χ2n) is 4.89. The van der Waals surface area contributed by atoms with Gasteiger partial charge in [0.2, 0.25) is 0 Å². The van der Waals surface area contributed by atoms with Gasteiger partial charge in [-0.3, -0.25) is 5.10 Å². The Kier molecular flexibility index (Phi) is 5.04. The summed E-state index contributed by atoms with van der Waals surface area (Å²) in [6.45, 7) is 4.86. The van der Waals surface area contributed by atoms with Crippen LogP contribution in [0.1, 0.15) is 29.8 Å². The summed E-state index contributed by atoms with van der Waals surface area (Å²) >= 11 is 0. The van der Waals surface area contributed by atoms with Crippen LogP contribution < -0.4 is 9.47 Å². The number of aryl methyl sites for hydroxylation is 2. The Bertz CT molecular complexity index is 512. The van der Waals surface area contributed by atoms with Gasteiger partial charge in [-0.25, -0.2) is 0 Å². The minimum atomic E-state index is 0.738. The van der Waals surface area contributed by atoms with E-state index in [2.05, 4.69) is 17.1 Å². The maximum atomic E-state index is 5.71. The van der Waals surface area contributed by atoms with Crippen molar-refractivity contribution in [2.45, 2.75) is 33.1 Å². The number of hydrogen-bond acceptors (Lipinski definition) is 3. The summed E-state index contributed by atoms with van der Waals surface area (Å²) in [6.07, 6.45) is 3.20. The summed E-state index contributed by atoms with van der Waals surface area (Å²) in [6, 6.07) is 7.69. The van der Waals surface area contributed by atoms with E-state index >= 15 is 0 Å². The van der Waals surface area contributed by atoms with Gasteiger partial charge in [0.25, 0.3) is 0 Å². The number of aromatic nitrogens is 2. The lowest BCUT2D eigenvalue weighted by Gasteiger charge is -2.07. The smallest absolute Gasteiger partial charge is 0.119 e. The standard InChI is InChI=1S/C16H22N2O2/c1-12-16(13(2)18-17-12)6-4-5-11-20-15-9-7-14(19-3)8-10-15/h7-10H,4-6,11H2,1-3H3,(H,17,18). The van der Waals surface area contributed by atoms with Gasteiger partial charge in [-0.2, -0.15) is 5.10 Å². The highest BCUT2D eigenvalue weighted by Gasteiger charge is 2.05. The normalized spacial score (nSPS) is 10.6. The number of H-pyrrole nitrogens is 1. The molecule has 1 aromatic heterocycles. The fourth-order valence-electron chi connectivity index (χ4n) is 2.21. The highest BCUT2D eigenvalue weighted by atomic mass is 16.5. The van der Waals surface area contributed by atoms with E-state index in [9.17, 15) is 0 Å². The number of hydrogen-bond donors (Lipinski definition) is 1. The van der Waals surface area contributed by atoms with Crippen molar-refractivity contribution in [3.63, 3.8) is 0 Å². The van der Waals surface area contributed by atoms with Crippen LogP contribution in [0.15, 0.2) is 24.3 Å². The third-order valence-corrected chi connectivity index (χ3v) is 3.43. The molecule has 0 fully saturated rings. The molecule has 0 amide bonds. The van der Waals surface area contributed by atoms with Crippen molar-refractivity contribution >= 4 is 0 Å². The van der Waals surface area contributed by atoms with Gasteiger partial charge in [0.1, 0.15) is 11.5 Å². The first-order valence-electron chi connectivity index (χ1n) is 6.98. The average molecular weight is 274 g/mol. The molecule has 1 heterocycles. The summed E-state index contributed by atoms with van der Waals surface area (Å²) in [4.78, 5) is 0. The number of nitrogens with one attached hydrogen (secondary N) is 1. The zero-order chi connectivity index (χ0) is 14.4. The van der Waals surface area contributed by atoms with Crippen molar-refractivity contribution in [3.8, 4) is 11.5 Å². The molecule has 0 atom stereocenters. The van der Waals surface area contributed by atoms with Gasteiger partial charge >= 0.3 is 0 Å². The molecular weight excluding hydrogens is 252 g/mol. The lowest BCUT2D eigenvalue weighted by molar-refractivity contribution is 0.306. The molecule has 1 aromatic carbocycles. The van der Waals surface area contributed by atoms with E-state index in [-0.39, 0.29) is 0 Å². The Morgan fingerprint density at radius 3 is 2.35 bits per heavy atom. The van der Waals surface area contributed by atoms with Gasteiger partial charge in [-0.15, -0.1) is 0 Å². The molecule has 1 N–H and O–H groups in total. The topological polar surface area (TPSA) is 47.1 Å². The zero-order valence-electron chi connectivity index (χ0n) is 12.4. The van der Waals surface area contributed by atoms with E-state index in [0.717, 1.165) is 43.1 Å². The lowest BCUT2D eigenvalue weighted by Crippen LogP contribution is -1.99. The van der Waals surface area contributed by atoms with Crippen molar-refractivity contribution in [1.29, 1.82) is 0 Å². The fraction of sp³-hybridized carbons (Fsp3) is 0.438.